The van der Waals surface area contributed by atoms with Crippen LogP contribution in [0, 0.1) is 12.7 Å². The van der Waals surface area contributed by atoms with Gasteiger partial charge < -0.3 is 15.4 Å². The lowest BCUT2D eigenvalue weighted by Crippen LogP contribution is -2.19. The molecule has 4 nitrogen and oxygen atoms in total. The van der Waals surface area contributed by atoms with E-state index in [1.54, 1.807) is 43.3 Å². The molecule has 0 aromatic heterocycles. The van der Waals surface area contributed by atoms with Crippen molar-refractivity contribution in [3.05, 3.63) is 59.4 Å². The summed E-state index contributed by atoms with van der Waals surface area (Å²) in [5, 5.41) is 6.24. The fourth-order valence-electron chi connectivity index (χ4n) is 1.84. The molecule has 0 aliphatic carbocycles. The highest BCUT2D eigenvalue weighted by molar-refractivity contribution is 7.80. The summed E-state index contributed by atoms with van der Waals surface area (Å²) in [4.78, 5) is 11.3. The van der Waals surface area contributed by atoms with Crippen LogP contribution in [-0.4, -0.2) is 18.2 Å². The van der Waals surface area contributed by atoms with Gasteiger partial charge in [-0.3, -0.25) is 0 Å². The molecule has 0 amide bonds. The SMILES string of the molecule is COC(=O)c1ccc(NC(=S)Nc2cccc(F)c2C)cc1. The van der Waals surface area contributed by atoms with E-state index in [0.29, 0.717) is 27.6 Å². The summed E-state index contributed by atoms with van der Waals surface area (Å²) in [6.45, 7) is 1.67. The maximum Gasteiger partial charge on any atom is 0.337 e. The number of hydrogen-bond acceptors (Lipinski definition) is 3. The number of methoxy groups -OCH3 is 1. The number of benzene rings is 2. The number of carbonyl (C=O) groups is 1. The first kappa shape index (κ1) is 15.9. The van der Waals surface area contributed by atoms with Gasteiger partial charge in [0.05, 0.1) is 12.7 Å². The first-order valence-electron chi connectivity index (χ1n) is 6.52. The number of ether oxygens (including phenoxy) is 1. The van der Waals surface area contributed by atoms with Gasteiger partial charge in [-0.15, -0.1) is 0 Å². The van der Waals surface area contributed by atoms with Crippen molar-refractivity contribution >= 4 is 34.7 Å². The van der Waals surface area contributed by atoms with Crippen LogP contribution in [0.25, 0.3) is 0 Å². The van der Waals surface area contributed by atoms with E-state index in [9.17, 15) is 9.18 Å². The van der Waals surface area contributed by atoms with Gasteiger partial charge in [-0.25, -0.2) is 9.18 Å². The van der Waals surface area contributed by atoms with Crippen molar-refractivity contribution in [2.45, 2.75) is 6.92 Å². The fourth-order valence-corrected chi connectivity index (χ4v) is 2.06. The molecule has 0 radical (unpaired) electrons. The van der Waals surface area contributed by atoms with Gasteiger partial charge in [-0.2, -0.15) is 0 Å². The summed E-state index contributed by atoms with van der Waals surface area (Å²) in [5.74, 6) is -0.696. The lowest BCUT2D eigenvalue weighted by Gasteiger charge is -2.13. The average Bonchev–Trinajstić information content (AvgIpc) is 2.52. The molecule has 0 heterocycles. The molecular formula is C16H15FN2O2S. The average molecular weight is 318 g/mol. The molecule has 2 rings (SSSR count). The molecule has 0 fully saturated rings. The van der Waals surface area contributed by atoms with Gasteiger partial charge in [0.25, 0.3) is 0 Å². The first-order valence-corrected chi connectivity index (χ1v) is 6.93. The number of halogens is 1. The minimum Gasteiger partial charge on any atom is -0.465 e. The Morgan fingerprint density at radius 2 is 1.82 bits per heavy atom. The summed E-state index contributed by atoms with van der Waals surface area (Å²) >= 11 is 5.19. The van der Waals surface area contributed by atoms with E-state index in [-0.39, 0.29) is 5.82 Å². The fraction of sp³-hybridized carbons (Fsp3) is 0.125. The van der Waals surface area contributed by atoms with Gasteiger partial charge in [0.15, 0.2) is 5.11 Å². The number of rotatable bonds is 3. The Balaban J connectivity index is 2.03. The molecule has 0 aliphatic heterocycles. The second kappa shape index (κ2) is 7.00. The molecule has 0 aliphatic rings. The van der Waals surface area contributed by atoms with E-state index in [1.807, 2.05) is 0 Å². The van der Waals surface area contributed by atoms with E-state index in [0.717, 1.165) is 0 Å². The monoisotopic (exact) mass is 318 g/mol. The molecule has 2 N–H and O–H groups in total. The molecule has 2 aromatic carbocycles. The zero-order valence-corrected chi connectivity index (χ0v) is 13.0. The maximum absolute atomic E-state index is 13.5. The summed E-state index contributed by atoms with van der Waals surface area (Å²) in [6, 6.07) is 11.4. The Morgan fingerprint density at radius 1 is 1.14 bits per heavy atom. The van der Waals surface area contributed by atoms with Crippen molar-refractivity contribution in [3.63, 3.8) is 0 Å². The van der Waals surface area contributed by atoms with Crippen LogP contribution in [0.2, 0.25) is 0 Å². The summed E-state index contributed by atoms with van der Waals surface area (Å²) < 4.78 is 18.1. The topological polar surface area (TPSA) is 50.4 Å². The van der Waals surface area contributed by atoms with Crippen LogP contribution in [0.15, 0.2) is 42.5 Å². The van der Waals surface area contributed by atoms with Crippen molar-refractivity contribution in [1.29, 1.82) is 0 Å². The maximum atomic E-state index is 13.5. The largest absolute Gasteiger partial charge is 0.465 e. The lowest BCUT2D eigenvalue weighted by atomic mass is 10.2. The Bertz CT molecular complexity index is 702. The number of thiocarbonyl (C=S) groups is 1. The van der Waals surface area contributed by atoms with Crippen molar-refractivity contribution in [3.8, 4) is 0 Å². The molecule has 114 valence electrons. The predicted molar refractivity (Wildman–Crippen MR) is 88.8 cm³/mol. The van der Waals surface area contributed by atoms with Crippen LogP contribution < -0.4 is 10.6 Å². The minimum absolute atomic E-state index is 0.296. The van der Waals surface area contributed by atoms with Crippen molar-refractivity contribution in [1.82, 2.24) is 0 Å². The van der Waals surface area contributed by atoms with Gasteiger partial charge in [0.1, 0.15) is 5.82 Å². The number of carbonyl (C=O) groups excluding carboxylic acids is 1. The Morgan fingerprint density at radius 3 is 2.45 bits per heavy atom. The lowest BCUT2D eigenvalue weighted by molar-refractivity contribution is 0.0601. The van der Waals surface area contributed by atoms with Crippen LogP contribution in [0.4, 0.5) is 15.8 Å². The second-order valence-electron chi connectivity index (χ2n) is 4.56. The van der Waals surface area contributed by atoms with Crippen LogP contribution in [0.3, 0.4) is 0 Å². The van der Waals surface area contributed by atoms with E-state index >= 15 is 0 Å². The van der Waals surface area contributed by atoms with Gasteiger partial charge in [-0.1, -0.05) is 6.07 Å². The number of esters is 1. The zero-order chi connectivity index (χ0) is 16.1. The van der Waals surface area contributed by atoms with Crippen LogP contribution in [-0.2, 0) is 4.74 Å². The minimum atomic E-state index is -0.400. The van der Waals surface area contributed by atoms with E-state index < -0.39 is 5.97 Å². The Hall–Kier alpha value is -2.47. The molecule has 0 spiro atoms. The zero-order valence-electron chi connectivity index (χ0n) is 12.1. The quantitative estimate of drug-likeness (QED) is 0.667. The van der Waals surface area contributed by atoms with Gasteiger partial charge in [0, 0.05) is 16.9 Å². The third-order valence-corrected chi connectivity index (χ3v) is 3.28. The first-order chi connectivity index (χ1) is 10.5. The van der Waals surface area contributed by atoms with E-state index in [1.165, 1.54) is 13.2 Å². The molecule has 0 saturated carbocycles. The third-order valence-electron chi connectivity index (χ3n) is 3.08. The second-order valence-corrected chi connectivity index (χ2v) is 4.97. The smallest absolute Gasteiger partial charge is 0.337 e. The highest BCUT2D eigenvalue weighted by atomic mass is 32.1. The molecule has 0 atom stereocenters. The van der Waals surface area contributed by atoms with Gasteiger partial charge in [-0.05, 0) is 55.5 Å². The van der Waals surface area contributed by atoms with E-state index in [4.69, 9.17) is 12.2 Å². The van der Waals surface area contributed by atoms with Gasteiger partial charge in [0.2, 0.25) is 0 Å². The van der Waals surface area contributed by atoms with Crippen molar-refractivity contribution in [2.75, 3.05) is 17.7 Å². The van der Waals surface area contributed by atoms with Crippen LogP contribution >= 0.6 is 12.2 Å². The Kier molecular flexibility index (Phi) is 5.06. The molecule has 22 heavy (non-hydrogen) atoms. The Labute approximate surface area is 133 Å². The summed E-state index contributed by atoms with van der Waals surface area (Å²) in [7, 11) is 1.33. The van der Waals surface area contributed by atoms with E-state index in [2.05, 4.69) is 15.4 Å². The molecule has 0 unspecified atom stereocenters. The molecule has 6 heteroatoms. The summed E-state index contributed by atoms with van der Waals surface area (Å²) in [5.41, 5.74) is 2.25. The van der Waals surface area contributed by atoms with Crippen molar-refractivity contribution < 1.29 is 13.9 Å². The highest BCUT2D eigenvalue weighted by Gasteiger charge is 2.07. The van der Waals surface area contributed by atoms with Crippen LogP contribution in [0.1, 0.15) is 15.9 Å². The third kappa shape index (κ3) is 3.79. The highest BCUT2D eigenvalue weighted by Crippen LogP contribution is 2.18. The molecule has 0 saturated heterocycles. The number of nitrogens with one attached hydrogen (secondary N) is 2. The predicted octanol–water partition coefficient (Wildman–Crippen LogP) is 3.73. The molecular weight excluding hydrogens is 303 g/mol. The van der Waals surface area contributed by atoms with Crippen LogP contribution in [0.5, 0.6) is 0 Å². The standard InChI is InChI=1S/C16H15FN2O2S/c1-10-13(17)4-3-5-14(10)19-16(22)18-12-8-6-11(7-9-12)15(20)21-2/h3-9H,1-2H3,(H2,18,19,22). The molecule has 2 aromatic rings. The van der Waals surface area contributed by atoms with Crippen molar-refractivity contribution in [2.24, 2.45) is 0 Å². The number of hydrogen-bond donors (Lipinski definition) is 2. The molecule has 0 bridgehead atoms. The summed E-state index contributed by atoms with van der Waals surface area (Å²) in [6.07, 6.45) is 0. The normalized spacial score (nSPS) is 9.95. The number of anilines is 2. The van der Waals surface area contributed by atoms with Gasteiger partial charge >= 0.3 is 5.97 Å².